The highest BCUT2D eigenvalue weighted by Crippen LogP contribution is 2.23. The van der Waals surface area contributed by atoms with Gasteiger partial charge in [-0.2, -0.15) is 4.31 Å². The Morgan fingerprint density at radius 2 is 1.64 bits per heavy atom. The Kier molecular flexibility index (Phi) is 8.34. The van der Waals surface area contributed by atoms with Gasteiger partial charge in [-0.15, -0.1) is 12.4 Å². The van der Waals surface area contributed by atoms with Crippen LogP contribution in [0.5, 0.6) is 0 Å². The predicted octanol–water partition coefficient (Wildman–Crippen LogP) is 1.81. The minimum atomic E-state index is -3.57. The van der Waals surface area contributed by atoms with E-state index in [2.05, 4.69) is 5.32 Å². The molecule has 1 fully saturated rings. The maximum absolute atomic E-state index is 13.0. The molecule has 6 nitrogen and oxygen atoms in total. The summed E-state index contributed by atoms with van der Waals surface area (Å²) in [6.45, 7) is 4.12. The molecule has 1 saturated heterocycles. The Labute approximate surface area is 157 Å². The lowest BCUT2D eigenvalue weighted by Crippen LogP contribution is -2.46. The molecular weight excluding hydrogens is 384 g/mol. The molecule has 1 aromatic carbocycles. The highest BCUT2D eigenvalue weighted by atomic mass is 35.5. The number of benzene rings is 1. The molecule has 1 aliphatic rings. The van der Waals surface area contributed by atoms with Crippen LogP contribution in [0.15, 0.2) is 29.2 Å². The molecular formula is C16H27ClN2O4S2. The van der Waals surface area contributed by atoms with Gasteiger partial charge in [0.1, 0.15) is 0 Å². The molecule has 0 bridgehead atoms. The molecule has 1 N–H and O–H groups in total. The lowest BCUT2D eigenvalue weighted by molar-refractivity contribution is 0.262. The molecule has 0 atom stereocenters. The average Bonchev–Trinajstić information content (AvgIpc) is 2.52. The minimum absolute atomic E-state index is 0. The van der Waals surface area contributed by atoms with Crippen LogP contribution in [0.2, 0.25) is 0 Å². The number of sulfonamides is 1. The molecule has 0 radical (unpaired) electrons. The van der Waals surface area contributed by atoms with E-state index in [1.807, 2.05) is 6.92 Å². The van der Waals surface area contributed by atoms with Crippen molar-refractivity contribution in [1.29, 1.82) is 0 Å². The van der Waals surface area contributed by atoms with Crippen molar-refractivity contribution in [3.8, 4) is 0 Å². The quantitative estimate of drug-likeness (QED) is 0.741. The van der Waals surface area contributed by atoms with Crippen molar-refractivity contribution in [1.82, 2.24) is 9.62 Å². The number of halogens is 1. The Morgan fingerprint density at radius 3 is 2.12 bits per heavy atom. The number of nitrogens with one attached hydrogen (secondary N) is 1. The third-order valence-corrected chi connectivity index (χ3v) is 6.94. The van der Waals surface area contributed by atoms with Crippen molar-refractivity contribution >= 4 is 32.3 Å². The molecule has 2 rings (SSSR count). The second-order valence-electron chi connectivity index (χ2n) is 6.31. The van der Waals surface area contributed by atoms with Crippen molar-refractivity contribution in [2.24, 2.45) is 0 Å². The molecule has 144 valence electrons. The smallest absolute Gasteiger partial charge is 0.243 e. The molecule has 0 amide bonds. The first-order valence-corrected chi connectivity index (χ1v) is 11.7. The molecule has 1 aliphatic heterocycles. The summed E-state index contributed by atoms with van der Waals surface area (Å²) in [5.74, 6) is -0.0830. The Balaban J connectivity index is 0.00000312. The van der Waals surface area contributed by atoms with Gasteiger partial charge in [-0.05, 0) is 50.0 Å². The first kappa shape index (κ1) is 22.4. The lowest BCUT2D eigenvalue weighted by atomic mass is 10.1. The first-order valence-electron chi connectivity index (χ1n) is 8.23. The van der Waals surface area contributed by atoms with Crippen LogP contribution in [-0.2, 0) is 25.6 Å². The number of rotatable bonds is 7. The summed E-state index contributed by atoms with van der Waals surface area (Å²) in [4.78, 5) is 0.228. The maximum Gasteiger partial charge on any atom is 0.243 e. The van der Waals surface area contributed by atoms with E-state index < -0.39 is 19.9 Å². The van der Waals surface area contributed by atoms with Crippen LogP contribution in [0.4, 0.5) is 0 Å². The Hall–Kier alpha value is -0.670. The predicted molar refractivity (Wildman–Crippen MR) is 102 cm³/mol. The number of piperidine rings is 1. The fourth-order valence-corrected chi connectivity index (χ4v) is 5.58. The summed E-state index contributed by atoms with van der Waals surface area (Å²) in [6, 6.07) is 6.21. The summed E-state index contributed by atoms with van der Waals surface area (Å²) in [7, 11) is -6.70. The van der Waals surface area contributed by atoms with Crippen molar-refractivity contribution in [2.45, 2.75) is 42.9 Å². The largest absolute Gasteiger partial charge is 0.317 e. The SMILES string of the molecule is CCCN(C1CCNCC1)S(=O)(=O)c1ccc(CS(C)(=O)=O)cc1.Cl. The molecule has 0 aromatic heterocycles. The zero-order valence-electron chi connectivity index (χ0n) is 14.6. The molecule has 25 heavy (non-hydrogen) atoms. The van der Waals surface area contributed by atoms with E-state index in [4.69, 9.17) is 0 Å². The zero-order chi connectivity index (χ0) is 17.8. The lowest BCUT2D eigenvalue weighted by Gasteiger charge is -2.33. The fourth-order valence-electron chi connectivity index (χ4n) is 3.01. The van der Waals surface area contributed by atoms with E-state index in [1.165, 1.54) is 12.1 Å². The van der Waals surface area contributed by atoms with E-state index in [9.17, 15) is 16.8 Å². The van der Waals surface area contributed by atoms with Gasteiger partial charge in [0.05, 0.1) is 10.6 Å². The molecule has 0 saturated carbocycles. The second-order valence-corrected chi connectivity index (χ2v) is 10.3. The van der Waals surface area contributed by atoms with Crippen LogP contribution >= 0.6 is 12.4 Å². The van der Waals surface area contributed by atoms with Gasteiger partial charge < -0.3 is 5.32 Å². The van der Waals surface area contributed by atoms with Gasteiger partial charge in [-0.3, -0.25) is 0 Å². The fraction of sp³-hybridized carbons (Fsp3) is 0.625. The molecule has 9 heteroatoms. The standard InChI is InChI=1S/C16H26N2O4S2.ClH/c1-3-12-18(15-8-10-17-11-9-15)24(21,22)16-6-4-14(5-7-16)13-23(2,19)20;/h4-7,15,17H,3,8-13H2,1-2H3;1H. The van der Waals surface area contributed by atoms with Crippen molar-refractivity contribution < 1.29 is 16.8 Å². The van der Waals surface area contributed by atoms with Crippen LogP contribution in [0.1, 0.15) is 31.7 Å². The molecule has 1 aromatic rings. The van der Waals surface area contributed by atoms with Gasteiger partial charge in [0.25, 0.3) is 0 Å². The highest BCUT2D eigenvalue weighted by molar-refractivity contribution is 7.90. The van der Waals surface area contributed by atoms with E-state index in [0.717, 1.165) is 38.6 Å². The van der Waals surface area contributed by atoms with Crippen LogP contribution < -0.4 is 5.32 Å². The topological polar surface area (TPSA) is 83.6 Å². The number of sulfone groups is 1. The second kappa shape index (κ2) is 9.32. The summed E-state index contributed by atoms with van der Waals surface area (Å²) in [6.07, 6.45) is 3.55. The minimum Gasteiger partial charge on any atom is -0.317 e. The monoisotopic (exact) mass is 410 g/mol. The van der Waals surface area contributed by atoms with Crippen LogP contribution in [0.25, 0.3) is 0 Å². The van der Waals surface area contributed by atoms with Gasteiger partial charge in [-0.25, -0.2) is 16.8 Å². The van der Waals surface area contributed by atoms with Gasteiger partial charge >= 0.3 is 0 Å². The third kappa shape index (κ3) is 6.21. The first-order chi connectivity index (χ1) is 11.2. The zero-order valence-corrected chi connectivity index (χ0v) is 17.1. The molecule has 0 aliphatic carbocycles. The number of nitrogens with zero attached hydrogens (tertiary/aromatic N) is 1. The van der Waals surface area contributed by atoms with E-state index >= 15 is 0 Å². The Bertz CT molecular complexity index is 743. The summed E-state index contributed by atoms with van der Waals surface area (Å²) in [5.41, 5.74) is 0.598. The van der Waals surface area contributed by atoms with E-state index in [0.29, 0.717) is 12.1 Å². The van der Waals surface area contributed by atoms with Crippen LogP contribution in [0.3, 0.4) is 0 Å². The summed E-state index contributed by atoms with van der Waals surface area (Å²) < 4.78 is 50.3. The average molecular weight is 411 g/mol. The summed E-state index contributed by atoms with van der Waals surface area (Å²) in [5, 5.41) is 3.25. The molecule has 0 spiro atoms. The van der Waals surface area contributed by atoms with Crippen LogP contribution in [0, 0.1) is 0 Å². The van der Waals surface area contributed by atoms with Crippen molar-refractivity contribution in [3.05, 3.63) is 29.8 Å². The van der Waals surface area contributed by atoms with Gasteiger partial charge in [0.15, 0.2) is 9.84 Å². The van der Waals surface area contributed by atoms with E-state index in [-0.39, 0.29) is 29.1 Å². The van der Waals surface area contributed by atoms with Gasteiger partial charge in [-0.1, -0.05) is 19.1 Å². The van der Waals surface area contributed by atoms with E-state index in [1.54, 1.807) is 16.4 Å². The van der Waals surface area contributed by atoms with Crippen LogP contribution in [-0.4, -0.2) is 53.1 Å². The third-order valence-electron chi connectivity index (χ3n) is 4.12. The molecule has 1 heterocycles. The number of hydrogen-bond acceptors (Lipinski definition) is 5. The van der Waals surface area contributed by atoms with Crippen molar-refractivity contribution in [2.75, 3.05) is 25.9 Å². The highest BCUT2D eigenvalue weighted by Gasteiger charge is 2.31. The summed E-state index contributed by atoms with van der Waals surface area (Å²) >= 11 is 0. The van der Waals surface area contributed by atoms with Gasteiger partial charge in [0.2, 0.25) is 10.0 Å². The normalized spacial score (nSPS) is 16.6. The van der Waals surface area contributed by atoms with Crippen molar-refractivity contribution in [3.63, 3.8) is 0 Å². The van der Waals surface area contributed by atoms with Gasteiger partial charge in [0, 0.05) is 18.8 Å². The maximum atomic E-state index is 13.0. The Morgan fingerprint density at radius 1 is 1.08 bits per heavy atom. The number of hydrogen-bond donors (Lipinski definition) is 1. The molecule has 0 unspecified atom stereocenters.